The molecule has 4 heteroatoms. The van der Waals surface area contributed by atoms with Gasteiger partial charge in [-0.2, -0.15) is 0 Å². The van der Waals surface area contributed by atoms with Crippen LogP contribution >= 0.6 is 0 Å². The minimum Gasteiger partial charge on any atom is -0.428 e. The van der Waals surface area contributed by atoms with Crippen molar-refractivity contribution in [3.63, 3.8) is 0 Å². The van der Waals surface area contributed by atoms with Gasteiger partial charge in [0.05, 0.1) is 0 Å². The first-order valence-electron chi connectivity index (χ1n) is 4.43. The molecule has 1 unspecified atom stereocenters. The van der Waals surface area contributed by atoms with Crippen molar-refractivity contribution in [3.8, 4) is 0 Å². The number of hydrogen-bond acceptors (Lipinski definition) is 4. The maximum Gasteiger partial charge on any atom is 0.220 e. The molecule has 1 aliphatic rings. The molecule has 2 heterocycles. The van der Waals surface area contributed by atoms with Crippen LogP contribution in [0.5, 0.6) is 0 Å². The Kier molecular flexibility index (Phi) is 2.36. The van der Waals surface area contributed by atoms with Crippen molar-refractivity contribution in [2.45, 2.75) is 25.2 Å². The third-order valence-electron chi connectivity index (χ3n) is 2.27. The Bertz CT molecular complexity index is 214. The highest BCUT2D eigenvalue weighted by Crippen LogP contribution is 2.20. The van der Waals surface area contributed by atoms with Crippen molar-refractivity contribution in [3.05, 3.63) is 12.3 Å². The molecule has 1 fully saturated rings. The third kappa shape index (κ3) is 1.64. The topological polar surface area (TPSA) is 51.0 Å². The fourth-order valence-electron chi connectivity index (χ4n) is 1.59. The van der Waals surface area contributed by atoms with E-state index in [1.807, 2.05) is 0 Å². The van der Waals surface area contributed by atoms with Gasteiger partial charge in [0.1, 0.15) is 0 Å². The minimum absolute atomic E-state index is 0.426. The van der Waals surface area contributed by atoms with Crippen LogP contribution in [0.2, 0.25) is 0 Å². The molecule has 0 radical (unpaired) electrons. The maximum absolute atomic E-state index is 5.17. The average Bonchev–Trinajstić information content (AvgIpc) is 2.48. The monoisotopic (exact) mass is 167 g/mol. The highest BCUT2D eigenvalue weighted by atomic mass is 16.4. The van der Waals surface area contributed by atoms with Crippen molar-refractivity contribution < 1.29 is 4.42 Å². The molecule has 0 aliphatic carbocycles. The minimum atomic E-state index is 0.426. The molecule has 2 rings (SSSR count). The molecule has 4 nitrogen and oxygen atoms in total. The number of nitrogens with one attached hydrogen (secondary N) is 1. The van der Waals surface area contributed by atoms with Crippen LogP contribution in [0.4, 0.5) is 0 Å². The normalized spacial score (nSPS) is 25.2. The van der Waals surface area contributed by atoms with Crippen LogP contribution in [0.1, 0.15) is 31.1 Å². The van der Waals surface area contributed by atoms with Gasteiger partial charge in [-0.05, 0) is 19.4 Å². The Morgan fingerprint density at radius 2 is 2.50 bits per heavy atom. The Hall–Kier alpha value is -0.900. The van der Waals surface area contributed by atoms with Crippen LogP contribution in [0.25, 0.3) is 0 Å². The van der Waals surface area contributed by atoms with E-state index in [1.54, 1.807) is 0 Å². The van der Waals surface area contributed by atoms with E-state index in [-0.39, 0.29) is 0 Å². The summed E-state index contributed by atoms with van der Waals surface area (Å²) in [5, 5.41) is 11.0. The average molecular weight is 167 g/mol. The van der Waals surface area contributed by atoms with Crippen LogP contribution in [0.15, 0.2) is 10.8 Å². The van der Waals surface area contributed by atoms with Gasteiger partial charge in [-0.1, -0.05) is 6.42 Å². The molecule has 12 heavy (non-hydrogen) atoms. The zero-order valence-corrected chi connectivity index (χ0v) is 6.99. The van der Waals surface area contributed by atoms with Gasteiger partial charge in [-0.15, -0.1) is 10.2 Å². The Morgan fingerprint density at radius 1 is 1.50 bits per heavy atom. The molecular formula is C8H13N3O. The second-order valence-corrected chi connectivity index (χ2v) is 3.17. The summed E-state index contributed by atoms with van der Waals surface area (Å²) in [4.78, 5) is 0. The molecule has 1 aromatic heterocycles. The van der Waals surface area contributed by atoms with Crippen molar-refractivity contribution >= 4 is 0 Å². The van der Waals surface area contributed by atoms with Gasteiger partial charge in [-0.3, -0.25) is 0 Å². The fourth-order valence-corrected chi connectivity index (χ4v) is 1.59. The predicted molar refractivity (Wildman–Crippen MR) is 43.8 cm³/mol. The molecule has 1 N–H and O–H groups in total. The maximum atomic E-state index is 5.17. The molecule has 0 aromatic carbocycles. The summed E-state index contributed by atoms with van der Waals surface area (Å²) < 4.78 is 5.17. The second-order valence-electron chi connectivity index (χ2n) is 3.17. The van der Waals surface area contributed by atoms with E-state index in [9.17, 15) is 0 Å². The van der Waals surface area contributed by atoms with E-state index in [1.165, 1.54) is 19.2 Å². The first-order valence-corrected chi connectivity index (χ1v) is 4.43. The van der Waals surface area contributed by atoms with Crippen molar-refractivity contribution in [2.24, 2.45) is 0 Å². The van der Waals surface area contributed by atoms with E-state index in [0.717, 1.165) is 25.4 Å². The van der Waals surface area contributed by atoms with Crippen molar-refractivity contribution in [1.29, 1.82) is 0 Å². The molecule has 66 valence electrons. The molecule has 0 spiro atoms. The zero-order chi connectivity index (χ0) is 8.23. The van der Waals surface area contributed by atoms with E-state index in [0.29, 0.717) is 5.92 Å². The zero-order valence-electron chi connectivity index (χ0n) is 6.99. The lowest BCUT2D eigenvalue weighted by molar-refractivity contribution is 0.427. The van der Waals surface area contributed by atoms with Gasteiger partial charge in [-0.25, -0.2) is 0 Å². The summed E-state index contributed by atoms with van der Waals surface area (Å²) in [7, 11) is 0. The highest BCUT2D eigenvalue weighted by molar-refractivity contribution is 4.90. The Labute approximate surface area is 71.4 Å². The quantitative estimate of drug-likeness (QED) is 0.676. The lowest BCUT2D eigenvalue weighted by atomic mass is 10.0. The van der Waals surface area contributed by atoms with Crippen LogP contribution < -0.4 is 5.32 Å². The van der Waals surface area contributed by atoms with Gasteiger partial charge in [0.15, 0.2) is 0 Å². The second kappa shape index (κ2) is 3.67. The lowest BCUT2D eigenvalue weighted by Gasteiger charge is -2.07. The number of nitrogens with zero attached hydrogens (tertiary/aromatic N) is 2. The van der Waals surface area contributed by atoms with E-state index >= 15 is 0 Å². The molecular weight excluding hydrogens is 154 g/mol. The first-order chi connectivity index (χ1) is 5.97. The molecule has 0 amide bonds. The van der Waals surface area contributed by atoms with Crippen molar-refractivity contribution in [2.75, 3.05) is 13.1 Å². The Balaban J connectivity index is 2.02. The standard InChI is InChI=1S/C8H13N3O/c1-2-4-9-5-7(3-1)8-11-10-6-12-8/h6-7,9H,1-5H2. The summed E-state index contributed by atoms with van der Waals surface area (Å²) in [5.41, 5.74) is 0. The van der Waals surface area contributed by atoms with Gasteiger partial charge in [0.2, 0.25) is 12.3 Å². The van der Waals surface area contributed by atoms with E-state index in [4.69, 9.17) is 4.42 Å². The van der Waals surface area contributed by atoms with Gasteiger partial charge in [0.25, 0.3) is 0 Å². The number of rotatable bonds is 1. The molecule has 0 saturated carbocycles. The van der Waals surface area contributed by atoms with Crippen LogP contribution in [0.3, 0.4) is 0 Å². The van der Waals surface area contributed by atoms with Crippen LogP contribution in [-0.4, -0.2) is 23.3 Å². The van der Waals surface area contributed by atoms with Gasteiger partial charge in [0, 0.05) is 12.5 Å². The summed E-state index contributed by atoms with van der Waals surface area (Å²) >= 11 is 0. The molecule has 1 atom stereocenters. The fraction of sp³-hybridized carbons (Fsp3) is 0.750. The largest absolute Gasteiger partial charge is 0.428 e. The number of aromatic nitrogens is 2. The van der Waals surface area contributed by atoms with E-state index in [2.05, 4.69) is 15.5 Å². The third-order valence-corrected chi connectivity index (χ3v) is 2.27. The SMILES string of the molecule is c1nnc(C2CCCCNC2)o1. The molecule has 1 aromatic rings. The highest BCUT2D eigenvalue weighted by Gasteiger charge is 2.17. The summed E-state index contributed by atoms with van der Waals surface area (Å²) in [5.74, 6) is 1.21. The first kappa shape index (κ1) is 7.73. The lowest BCUT2D eigenvalue weighted by Crippen LogP contribution is -2.19. The smallest absolute Gasteiger partial charge is 0.220 e. The van der Waals surface area contributed by atoms with Crippen molar-refractivity contribution in [1.82, 2.24) is 15.5 Å². The van der Waals surface area contributed by atoms with Crippen LogP contribution in [0, 0.1) is 0 Å². The van der Waals surface area contributed by atoms with E-state index < -0.39 is 0 Å². The molecule has 0 bridgehead atoms. The summed E-state index contributed by atoms with van der Waals surface area (Å²) in [6, 6.07) is 0. The predicted octanol–water partition coefficient (Wildman–Crippen LogP) is 0.927. The number of hydrogen-bond donors (Lipinski definition) is 1. The van der Waals surface area contributed by atoms with Gasteiger partial charge >= 0.3 is 0 Å². The summed E-state index contributed by atoms with van der Waals surface area (Å²) in [6.07, 6.45) is 5.07. The molecule has 1 aliphatic heterocycles. The molecule has 1 saturated heterocycles. The Morgan fingerprint density at radius 3 is 3.33 bits per heavy atom. The van der Waals surface area contributed by atoms with Crippen LogP contribution in [-0.2, 0) is 0 Å². The van der Waals surface area contributed by atoms with Gasteiger partial charge < -0.3 is 9.73 Å². The summed E-state index contributed by atoms with van der Waals surface area (Å²) in [6.45, 7) is 2.09.